The van der Waals surface area contributed by atoms with E-state index in [1.807, 2.05) is 66.7 Å². The van der Waals surface area contributed by atoms with Crippen LogP contribution in [0, 0.1) is 6.92 Å². The number of aryl methyl sites for hydroxylation is 1. The minimum Gasteiger partial charge on any atom is -0.497 e. The number of para-hydroxylation sites is 1. The lowest BCUT2D eigenvalue weighted by molar-refractivity contribution is 0.0952. The van der Waals surface area contributed by atoms with Gasteiger partial charge in [0.15, 0.2) is 0 Å². The van der Waals surface area contributed by atoms with Crippen LogP contribution < -0.4 is 10.1 Å². The number of amides is 1. The van der Waals surface area contributed by atoms with Crippen LogP contribution in [0.15, 0.2) is 78.9 Å². The molecule has 1 aromatic heterocycles. The van der Waals surface area contributed by atoms with Gasteiger partial charge in [0.05, 0.1) is 23.9 Å². The number of benzene rings is 3. The fourth-order valence-corrected chi connectivity index (χ4v) is 3.26. The summed E-state index contributed by atoms with van der Waals surface area (Å²) in [6, 6.07) is 25.4. The Kier molecular flexibility index (Phi) is 5.25. The first kappa shape index (κ1) is 18.7. The maximum Gasteiger partial charge on any atom is 0.252 e. The van der Waals surface area contributed by atoms with Gasteiger partial charge in [-0.2, -0.15) is 0 Å². The van der Waals surface area contributed by atoms with Crippen molar-refractivity contribution in [3.8, 4) is 17.0 Å². The van der Waals surface area contributed by atoms with Crippen molar-refractivity contribution in [2.75, 3.05) is 7.11 Å². The molecule has 0 unspecified atom stereocenters. The van der Waals surface area contributed by atoms with Gasteiger partial charge in [-0.15, -0.1) is 0 Å². The number of pyridine rings is 1. The van der Waals surface area contributed by atoms with Gasteiger partial charge in [-0.1, -0.05) is 60.2 Å². The lowest BCUT2D eigenvalue weighted by atomic mass is 10.0. The number of nitrogens with one attached hydrogen (secondary N) is 1. The van der Waals surface area contributed by atoms with Crippen LogP contribution in [0.25, 0.3) is 22.2 Å². The number of fused-ring (bicyclic) bond motifs is 1. The Balaban J connectivity index is 1.65. The van der Waals surface area contributed by atoms with Gasteiger partial charge < -0.3 is 10.1 Å². The molecule has 0 fully saturated rings. The maximum absolute atomic E-state index is 13.0. The maximum atomic E-state index is 13.0. The summed E-state index contributed by atoms with van der Waals surface area (Å²) in [5.74, 6) is 0.677. The fourth-order valence-electron chi connectivity index (χ4n) is 3.26. The topological polar surface area (TPSA) is 51.2 Å². The summed E-state index contributed by atoms with van der Waals surface area (Å²) in [5.41, 5.74) is 5.41. The zero-order valence-corrected chi connectivity index (χ0v) is 16.5. The van der Waals surface area contributed by atoms with E-state index in [-0.39, 0.29) is 5.91 Å². The summed E-state index contributed by atoms with van der Waals surface area (Å²) in [4.78, 5) is 17.8. The van der Waals surface area contributed by atoms with Gasteiger partial charge in [0.2, 0.25) is 0 Å². The average Bonchev–Trinajstić information content (AvgIpc) is 2.77. The van der Waals surface area contributed by atoms with Gasteiger partial charge in [0.1, 0.15) is 5.75 Å². The van der Waals surface area contributed by atoms with Crippen LogP contribution in [-0.4, -0.2) is 18.0 Å². The van der Waals surface area contributed by atoms with Crippen molar-refractivity contribution in [3.05, 3.63) is 95.6 Å². The second-order valence-electron chi connectivity index (χ2n) is 6.97. The van der Waals surface area contributed by atoms with Crippen LogP contribution in [0.2, 0.25) is 0 Å². The second kappa shape index (κ2) is 8.15. The zero-order chi connectivity index (χ0) is 20.2. The van der Waals surface area contributed by atoms with E-state index in [4.69, 9.17) is 9.72 Å². The summed E-state index contributed by atoms with van der Waals surface area (Å²) >= 11 is 0. The van der Waals surface area contributed by atoms with E-state index < -0.39 is 0 Å². The molecule has 4 aromatic rings. The van der Waals surface area contributed by atoms with Gasteiger partial charge >= 0.3 is 0 Å². The third-order valence-corrected chi connectivity index (χ3v) is 4.92. The Labute approximate surface area is 170 Å². The molecule has 0 atom stereocenters. The predicted molar refractivity (Wildman–Crippen MR) is 116 cm³/mol. The number of nitrogens with zero attached hydrogens (tertiary/aromatic N) is 1. The van der Waals surface area contributed by atoms with Crippen LogP contribution in [0.3, 0.4) is 0 Å². The van der Waals surface area contributed by atoms with E-state index in [9.17, 15) is 4.79 Å². The molecule has 0 spiro atoms. The molecule has 1 amide bonds. The zero-order valence-electron chi connectivity index (χ0n) is 16.5. The van der Waals surface area contributed by atoms with Crippen LogP contribution in [-0.2, 0) is 6.54 Å². The molecule has 0 aliphatic carbocycles. The van der Waals surface area contributed by atoms with Crippen molar-refractivity contribution < 1.29 is 9.53 Å². The highest BCUT2D eigenvalue weighted by molar-refractivity contribution is 6.07. The molecular formula is C25H22N2O2. The Morgan fingerprint density at radius 1 is 0.966 bits per heavy atom. The van der Waals surface area contributed by atoms with Gasteiger partial charge in [-0.25, -0.2) is 4.98 Å². The van der Waals surface area contributed by atoms with E-state index in [0.29, 0.717) is 12.1 Å². The van der Waals surface area contributed by atoms with Crippen LogP contribution >= 0.6 is 0 Å². The molecule has 4 nitrogen and oxygen atoms in total. The number of methoxy groups -OCH3 is 1. The Hall–Kier alpha value is -3.66. The Morgan fingerprint density at radius 2 is 1.69 bits per heavy atom. The van der Waals surface area contributed by atoms with E-state index in [1.165, 1.54) is 5.56 Å². The molecule has 4 heteroatoms. The van der Waals surface area contributed by atoms with Gasteiger partial charge in [-0.05, 0) is 36.8 Å². The van der Waals surface area contributed by atoms with Crippen molar-refractivity contribution in [2.24, 2.45) is 0 Å². The van der Waals surface area contributed by atoms with E-state index in [0.717, 1.165) is 33.5 Å². The number of hydrogen-bond donors (Lipinski definition) is 1. The lowest BCUT2D eigenvalue weighted by Crippen LogP contribution is -2.23. The number of carbonyl (C=O) groups excluding carboxylic acids is 1. The molecule has 0 radical (unpaired) electrons. The first-order valence-corrected chi connectivity index (χ1v) is 9.52. The van der Waals surface area contributed by atoms with Crippen LogP contribution in [0.1, 0.15) is 21.5 Å². The monoisotopic (exact) mass is 382 g/mol. The number of rotatable bonds is 5. The average molecular weight is 382 g/mol. The standard InChI is InChI=1S/C25H22N2O2/c1-17-7-11-19(12-8-17)24-15-22(21-5-3-4-6-23(21)27-24)25(28)26-16-18-9-13-20(29-2)14-10-18/h3-15H,16H2,1-2H3,(H,26,28). The highest BCUT2D eigenvalue weighted by Gasteiger charge is 2.14. The van der Waals surface area contributed by atoms with Crippen molar-refractivity contribution >= 4 is 16.8 Å². The normalized spacial score (nSPS) is 10.7. The Morgan fingerprint density at radius 3 is 2.41 bits per heavy atom. The van der Waals surface area contributed by atoms with Crippen molar-refractivity contribution in [3.63, 3.8) is 0 Å². The minimum absolute atomic E-state index is 0.118. The predicted octanol–water partition coefficient (Wildman–Crippen LogP) is 5.15. The van der Waals surface area contributed by atoms with Gasteiger partial charge in [0.25, 0.3) is 5.91 Å². The highest BCUT2D eigenvalue weighted by Crippen LogP contribution is 2.25. The van der Waals surface area contributed by atoms with Gasteiger partial charge in [0, 0.05) is 17.5 Å². The van der Waals surface area contributed by atoms with Crippen LogP contribution in [0.5, 0.6) is 5.75 Å². The molecular weight excluding hydrogens is 360 g/mol. The first-order chi connectivity index (χ1) is 14.1. The molecule has 3 aromatic carbocycles. The number of hydrogen-bond acceptors (Lipinski definition) is 3. The molecule has 0 saturated carbocycles. The molecule has 0 bridgehead atoms. The third-order valence-electron chi connectivity index (χ3n) is 4.92. The summed E-state index contributed by atoms with van der Waals surface area (Å²) < 4.78 is 5.18. The van der Waals surface area contributed by atoms with E-state index in [2.05, 4.69) is 24.4 Å². The number of aromatic nitrogens is 1. The SMILES string of the molecule is COc1ccc(CNC(=O)c2cc(-c3ccc(C)cc3)nc3ccccc23)cc1. The molecule has 29 heavy (non-hydrogen) atoms. The highest BCUT2D eigenvalue weighted by atomic mass is 16.5. The lowest BCUT2D eigenvalue weighted by Gasteiger charge is -2.11. The quantitative estimate of drug-likeness (QED) is 0.519. The minimum atomic E-state index is -0.118. The molecule has 0 aliphatic heterocycles. The number of ether oxygens (including phenoxy) is 1. The smallest absolute Gasteiger partial charge is 0.252 e. The molecule has 1 N–H and O–H groups in total. The second-order valence-corrected chi connectivity index (χ2v) is 6.97. The number of carbonyl (C=O) groups is 1. The fraction of sp³-hybridized carbons (Fsp3) is 0.120. The summed E-state index contributed by atoms with van der Waals surface area (Å²) in [7, 11) is 1.64. The molecule has 4 rings (SSSR count). The van der Waals surface area contributed by atoms with Crippen molar-refractivity contribution in [1.29, 1.82) is 0 Å². The Bertz CT molecular complexity index is 1150. The van der Waals surface area contributed by atoms with Crippen LogP contribution in [0.4, 0.5) is 0 Å². The van der Waals surface area contributed by atoms with E-state index in [1.54, 1.807) is 7.11 Å². The van der Waals surface area contributed by atoms with E-state index >= 15 is 0 Å². The molecule has 0 aliphatic rings. The summed E-state index contributed by atoms with van der Waals surface area (Å²) in [6.07, 6.45) is 0. The molecule has 144 valence electrons. The first-order valence-electron chi connectivity index (χ1n) is 9.52. The molecule has 1 heterocycles. The largest absolute Gasteiger partial charge is 0.497 e. The van der Waals surface area contributed by atoms with Crippen molar-refractivity contribution in [2.45, 2.75) is 13.5 Å². The van der Waals surface area contributed by atoms with Crippen molar-refractivity contribution in [1.82, 2.24) is 10.3 Å². The van der Waals surface area contributed by atoms with Gasteiger partial charge in [-0.3, -0.25) is 4.79 Å². The molecule has 0 saturated heterocycles. The summed E-state index contributed by atoms with van der Waals surface area (Å²) in [5, 5.41) is 3.87. The summed E-state index contributed by atoms with van der Waals surface area (Å²) in [6.45, 7) is 2.50. The third kappa shape index (κ3) is 4.11.